The molecule has 0 saturated carbocycles. The van der Waals surface area contributed by atoms with Gasteiger partial charge in [-0.25, -0.2) is 0 Å². The molecule has 1 aliphatic rings. The van der Waals surface area contributed by atoms with Crippen LogP contribution in [0.2, 0.25) is 0 Å². The van der Waals surface area contributed by atoms with Gasteiger partial charge >= 0.3 is 0 Å². The van der Waals surface area contributed by atoms with E-state index in [9.17, 15) is 0 Å². The Hall–Kier alpha value is 0.270. The Morgan fingerprint density at radius 1 is 1.62 bits per heavy atom. The summed E-state index contributed by atoms with van der Waals surface area (Å²) in [6.45, 7) is 3.56. The van der Waals surface area contributed by atoms with Crippen LogP contribution >= 0.6 is 12.6 Å². The lowest BCUT2D eigenvalue weighted by Gasteiger charge is -2.02. The van der Waals surface area contributed by atoms with Crippen LogP contribution in [0.5, 0.6) is 0 Å². The summed E-state index contributed by atoms with van der Waals surface area (Å²) < 4.78 is 5.17. The first-order valence-corrected chi connectivity index (χ1v) is 3.38. The third-order valence-corrected chi connectivity index (χ3v) is 1.45. The van der Waals surface area contributed by atoms with Crippen molar-refractivity contribution in [3.63, 3.8) is 0 Å². The molecule has 0 aromatic rings. The van der Waals surface area contributed by atoms with Crippen LogP contribution in [-0.4, -0.2) is 31.6 Å². The fraction of sp³-hybridized carbons (Fsp3) is 1.00. The van der Waals surface area contributed by atoms with Crippen LogP contribution in [0.3, 0.4) is 0 Å². The average Bonchev–Trinajstić information content (AvgIpc) is 1.94. The molecule has 1 heterocycles. The Morgan fingerprint density at radius 2 is 2.50 bits per heavy atom. The first-order valence-electron chi connectivity index (χ1n) is 2.86. The fourth-order valence-electron chi connectivity index (χ4n) is 0.691. The van der Waals surface area contributed by atoms with Crippen molar-refractivity contribution in [2.75, 3.05) is 26.3 Å². The molecule has 2 nitrogen and oxygen atoms in total. The largest absolute Gasteiger partial charge is 0.379 e. The fourth-order valence-corrected chi connectivity index (χ4v) is 0.926. The third kappa shape index (κ3) is 2.03. The van der Waals surface area contributed by atoms with Gasteiger partial charge in [0.15, 0.2) is 0 Å². The molecule has 0 amide bonds. The Balaban J connectivity index is 2.17. The van der Waals surface area contributed by atoms with Gasteiger partial charge in [-0.1, -0.05) is 0 Å². The van der Waals surface area contributed by atoms with E-state index >= 15 is 0 Å². The number of hydrogen-bond acceptors (Lipinski definition) is 3. The summed E-state index contributed by atoms with van der Waals surface area (Å²) in [5.41, 5.74) is 0. The highest BCUT2D eigenvalue weighted by molar-refractivity contribution is 7.81. The Morgan fingerprint density at radius 3 is 3.38 bits per heavy atom. The summed E-state index contributed by atoms with van der Waals surface area (Å²) in [5, 5.41) is 3.58. The summed E-state index contributed by atoms with van der Waals surface area (Å²) in [6, 6.07) is 0. The third-order valence-electron chi connectivity index (χ3n) is 1.11. The van der Waals surface area contributed by atoms with Crippen molar-refractivity contribution in [1.82, 2.24) is 5.32 Å². The highest BCUT2D eigenvalue weighted by Gasteiger charge is 2.05. The molecule has 0 aromatic carbocycles. The Labute approximate surface area is 55.0 Å². The molecule has 0 bridgehead atoms. The van der Waals surface area contributed by atoms with Gasteiger partial charge in [0.25, 0.3) is 0 Å². The number of thiol groups is 1. The maximum Gasteiger partial charge on any atom is 0.0595 e. The predicted molar refractivity (Wildman–Crippen MR) is 36.5 cm³/mol. The van der Waals surface area contributed by atoms with E-state index in [-0.39, 0.29) is 0 Å². The van der Waals surface area contributed by atoms with Crippen molar-refractivity contribution in [2.24, 2.45) is 0 Å². The van der Waals surface area contributed by atoms with Crippen LogP contribution in [0.15, 0.2) is 0 Å². The van der Waals surface area contributed by atoms with Gasteiger partial charge in [0.1, 0.15) is 0 Å². The summed E-state index contributed by atoms with van der Waals surface area (Å²) in [7, 11) is 0. The van der Waals surface area contributed by atoms with E-state index in [0.717, 1.165) is 26.3 Å². The van der Waals surface area contributed by atoms with Crippen molar-refractivity contribution in [1.29, 1.82) is 0 Å². The number of ether oxygens (including phenoxy) is 1. The maximum absolute atomic E-state index is 5.17. The summed E-state index contributed by atoms with van der Waals surface area (Å²) in [6.07, 6.45) is 0. The molecule has 1 N–H and O–H groups in total. The van der Waals surface area contributed by atoms with Crippen LogP contribution in [-0.2, 0) is 4.74 Å². The SMILES string of the molecule is SC1CNCCOC1. The number of hydrogen-bond donors (Lipinski definition) is 2. The summed E-state index contributed by atoms with van der Waals surface area (Å²) >= 11 is 4.24. The second-order valence-corrected chi connectivity index (χ2v) is 2.66. The highest BCUT2D eigenvalue weighted by Crippen LogP contribution is 1.95. The average molecular weight is 133 g/mol. The smallest absolute Gasteiger partial charge is 0.0595 e. The van der Waals surface area contributed by atoms with Gasteiger partial charge in [-0.3, -0.25) is 0 Å². The van der Waals surface area contributed by atoms with E-state index in [1.54, 1.807) is 0 Å². The molecule has 8 heavy (non-hydrogen) atoms. The topological polar surface area (TPSA) is 21.3 Å². The zero-order valence-electron chi connectivity index (χ0n) is 4.76. The van der Waals surface area contributed by atoms with Gasteiger partial charge in [-0.2, -0.15) is 12.6 Å². The molecule has 0 radical (unpaired) electrons. The number of nitrogens with one attached hydrogen (secondary N) is 1. The van der Waals surface area contributed by atoms with Crippen molar-refractivity contribution < 1.29 is 4.74 Å². The Kier molecular flexibility index (Phi) is 2.66. The van der Waals surface area contributed by atoms with Crippen LogP contribution in [0, 0.1) is 0 Å². The van der Waals surface area contributed by atoms with Crippen molar-refractivity contribution in [3.8, 4) is 0 Å². The zero-order chi connectivity index (χ0) is 5.82. The molecule has 3 heteroatoms. The number of rotatable bonds is 0. The van der Waals surface area contributed by atoms with Crippen LogP contribution < -0.4 is 5.32 Å². The monoisotopic (exact) mass is 133 g/mol. The van der Waals surface area contributed by atoms with Gasteiger partial charge in [-0.05, 0) is 0 Å². The lowest BCUT2D eigenvalue weighted by molar-refractivity contribution is 0.154. The summed E-state index contributed by atoms with van der Waals surface area (Å²) in [5.74, 6) is 0. The molecule has 0 aromatic heterocycles. The molecular formula is C5H11NOS. The van der Waals surface area contributed by atoms with E-state index in [1.165, 1.54) is 0 Å². The van der Waals surface area contributed by atoms with Crippen molar-refractivity contribution in [3.05, 3.63) is 0 Å². The maximum atomic E-state index is 5.17. The molecule has 1 rings (SSSR count). The van der Waals surface area contributed by atoms with Gasteiger partial charge in [0, 0.05) is 18.3 Å². The van der Waals surface area contributed by atoms with Gasteiger partial charge in [0.05, 0.1) is 13.2 Å². The van der Waals surface area contributed by atoms with E-state index in [4.69, 9.17) is 4.74 Å². The molecule has 1 aliphatic heterocycles. The van der Waals surface area contributed by atoms with Crippen molar-refractivity contribution in [2.45, 2.75) is 5.25 Å². The van der Waals surface area contributed by atoms with E-state index in [0.29, 0.717) is 5.25 Å². The lowest BCUT2D eigenvalue weighted by atomic mass is 10.4. The molecule has 0 spiro atoms. The minimum Gasteiger partial charge on any atom is -0.379 e. The predicted octanol–water partition coefficient (Wildman–Crippen LogP) is -0.0954. The second kappa shape index (κ2) is 3.33. The van der Waals surface area contributed by atoms with Gasteiger partial charge in [-0.15, -0.1) is 0 Å². The van der Waals surface area contributed by atoms with E-state index in [2.05, 4.69) is 17.9 Å². The molecule has 0 aliphatic carbocycles. The molecule has 1 fully saturated rings. The highest BCUT2D eigenvalue weighted by atomic mass is 32.1. The van der Waals surface area contributed by atoms with Gasteiger partial charge in [0.2, 0.25) is 0 Å². The first kappa shape index (κ1) is 6.39. The standard InChI is InChI=1S/C5H11NOS/c8-5-3-6-1-2-7-4-5/h5-6,8H,1-4H2. The van der Waals surface area contributed by atoms with Crippen LogP contribution in [0.1, 0.15) is 0 Å². The molecule has 1 atom stereocenters. The van der Waals surface area contributed by atoms with E-state index < -0.39 is 0 Å². The lowest BCUT2D eigenvalue weighted by Crippen LogP contribution is -2.22. The zero-order valence-corrected chi connectivity index (χ0v) is 5.66. The molecule has 1 saturated heterocycles. The van der Waals surface area contributed by atoms with Gasteiger partial charge < -0.3 is 10.1 Å². The minimum atomic E-state index is 0.387. The molecular weight excluding hydrogens is 122 g/mol. The molecule has 48 valence electrons. The van der Waals surface area contributed by atoms with E-state index in [1.807, 2.05) is 0 Å². The second-order valence-electron chi connectivity index (χ2n) is 1.93. The molecule has 1 unspecified atom stereocenters. The summed E-state index contributed by atoms with van der Waals surface area (Å²) in [4.78, 5) is 0. The van der Waals surface area contributed by atoms with Crippen molar-refractivity contribution >= 4 is 12.6 Å². The van der Waals surface area contributed by atoms with Crippen LogP contribution in [0.4, 0.5) is 0 Å². The van der Waals surface area contributed by atoms with Crippen LogP contribution in [0.25, 0.3) is 0 Å². The quantitative estimate of drug-likeness (QED) is 0.450. The normalized spacial score (nSPS) is 31.9. The Bertz CT molecular complexity index is 61.4. The minimum absolute atomic E-state index is 0.387. The first-order chi connectivity index (χ1) is 3.89.